The molecular formula is C10H22N2O2. The van der Waals surface area contributed by atoms with Gasteiger partial charge in [0, 0.05) is 18.6 Å². The first-order chi connectivity index (χ1) is 6.37. The van der Waals surface area contributed by atoms with E-state index < -0.39 is 0 Å². The van der Waals surface area contributed by atoms with Crippen molar-refractivity contribution in [2.24, 2.45) is 0 Å². The number of carbonyl (C=O) groups is 1. The van der Waals surface area contributed by atoms with E-state index >= 15 is 0 Å². The zero-order valence-corrected chi connectivity index (χ0v) is 9.81. The first-order valence-electron chi connectivity index (χ1n) is 4.93. The highest BCUT2D eigenvalue weighted by molar-refractivity contribution is 5.74. The van der Waals surface area contributed by atoms with Crippen LogP contribution in [0.4, 0.5) is 0 Å². The largest absolute Gasteiger partial charge is 0.468 e. The van der Waals surface area contributed by atoms with E-state index in [2.05, 4.69) is 36.1 Å². The van der Waals surface area contributed by atoms with E-state index in [-0.39, 0.29) is 17.6 Å². The van der Waals surface area contributed by atoms with E-state index in [4.69, 9.17) is 0 Å². The summed E-state index contributed by atoms with van der Waals surface area (Å²) in [4.78, 5) is 11.0. The molecule has 0 heterocycles. The molecule has 0 amide bonds. The minimum Gasteiger partial charge on any atom is -0.468 e. The summed E-state index contributed by atoms with van der Waals surface area (Å²) in [5.74, 6) is -0.222. The lowest BCUT2D eigenvalue weighted by molar-refractivity contribution is -0.142. The van der Waals surface area contributed by atoms with Gasteiger partial charge in [-0.15, -0.1) is 0 Å². The lowest BCUT2D eigenvalue weighted by Gasteiger charge is -2.21. The van der Waals surface area contributed by atoms with Crippen molar-refractivity contribution in [2.75, 3.05) is 20.2 Å². The van der Waals surface area contributed by atoms with Gasteiger partial charge in [-0.3, -0.25) is 4.79 Å². The molecule has 0 saturated heterocycles. The van der Waals surface area contributed by atoms with Gasteiger partial charge in [0.15, 0.2) is 0 Å². The van der Waals surface area contributed by atoms with E-state index in [0.717, 1.165) is 13.1 Å². The van der Waals surface area contributed by atoms with Crippen molar-refractivity contribution < 1.29 is 9.53 Å². The molecule has 0 aliphatic carbocycles. The monoisotopic (exact) mass is 202 g/mol. The van der Waals surface area contributed by atoms with Crippen LogP contribution in [0.2, 0.25) is 0 Å². The van der Waals surface area contributed by atoms with Crippen LogP contribution in [0.15, 0.2) is 0 Å². The number of esters is 1. The third-order valence-electron chi connectivity index (χ3n) is 1.79. The molecular weight excluding hydrogens is 180 g/mol. The number of rotatable bonds is 5. The zero-order valence-electron chi connectivity index (χ0n) is 9.81. The average molecular weight is 202 g/mol. The number of ether oxygens (including phenoxy) is 1. The fraction of sp³-hybridized carbons (Fsp3) is 0.900. The second kappa shape index (κ2) is 5.98. The van der Waals surface area contributed by atoms with Gasteiger partial charge in [-0.25, -0.2) is 0 Å². The van der Waals surface area contributed by atoms with Gasteiger partial charge in [0.2, 0.25) is 0 Å². The van der Waals surface area contributed by atoms with Crippen molar-refractivity contribution in [2.45, 2.75) is 39.3 Å². The van der Waals surface area contributed by atoms with Crippen molar-refractivity contribution in [1.82, 2.24) is 10.6 Å². The molecule has 0 bridgehead atoms. The van der Waals surface area contributed by atoms with E-state index in [1.165, 1.54) is 7.11 Å². The van der Waals surface area contributed by atoms with Crippen LogP contribution in [0.25, 0.3) is 0 Å². The van der Waals surface area contributed by atoms with Gasteiger partial charge in [-0.05, 0) is 27.7 Å². The van der Waals surface area contributed by atoms with Gasteiger partial charge in [0.1, 0.15) is 6.04 Å². The Labute approximate surface area is 86.4 Å². The van der Waals surface area contributed by atoms with Crippen molar-refractivity contribution in [3.63, 3.8) is 0 Å². The molecule has 4 nitrogen and oxygen atoms in total. The Hall–Kier alpha value is -0.610. The van der Waals surface area contributed by atoms with Crippen LogP contribution >= 0.6 is 0 Å². The molecule has 0 aromatic carbocycles. The van der Waals surface area contributed by atoms with Crippen molar-refractivity contribution >= 4 is 5.97 Å². The summed E-state index contributed by atoms with van der Waals surface area (Å²) in [6, 6.07) is -0.234. The summed E-state index contributed by atoms with van der Waals surface area (Å²) < 4.78 is 4.59. The molecule has 14 heavy (non-hydrogen) atoms. The summed E-state index contributed by atoms with van der Waals surface area (Å²) >= 11 is 0. The van der Waals surface area contributed by atoms with E-state index in [9.17, 15) is 4.79 Å². The zero-order chi connectivity index (χ0) is 11.2. The minimum atomic E-state index is -0.234. The Morgan fingerprint density at radius 3 is 2.36 bits per heavy atom. The quantitative estimate of drug-likeness (QED) is 0.504. The van der Waals surface area contributed by atoms with Gasteiger partial charge in [0.05, 0.1) is 7.11 Å². The second-order valence-corrected chi connectivity index (χ2v) is 4.38. The minimum absolute atomic E-state index is 0.121. The maximum atomic E-state index is 11.0. The molecule has 0 radical (unpaired) electrons. The summed E-state index contributed by atoms with van der Waals surface area (Å²) in [5.41, 5.74) is 0.121. The van der Waals surface area contributed by atoms with Crippen LogP contribution in [0.1, 0.15) is 27.7 Å². The SMILES string of the molecule is COC(=O)[C@H](C)NCCNC(C)(C)C. The summed E-state index contributed by atoms with van der Waals surface area (Å²) in [7, 11) is 1.40. The smallest absolute Gasteiger partial charge is 0.322 e. The molecule has 1 atom stereocenters. The topological polar surface area (TPSA) is 50.4 Å². The molecule has 0 unspecified atom stereocenters. The predicted octanol–water partition coefficient (Wildman–Crippen LogP) is 0.526. The van der Waals surface area contributed by atoms with Gasteiger partial charge < -0.3 is 15.4 Å². The number of nitrogens with one attached hydrogen (secondary N) is 2. The summed E-state index contributed by atoms with van der Waals surface area (Å²) in [5, 5.41) is 6.39. The van der Waals surface area contributed by atoms with Gasteiger partial charge in [-0.2, -0.15) is 0 Å². The van der Waals surface area contributed by atoms with Gasteiger partial charge >= 0.3 is 5.97 Å². The molecule has 0 aliphatic heterocycles. The summed E-state index contributed by atoms with van der Waals surface area (Å²) in [6.45, 7) is 9.71. The highest BCUT2D eigenvalue weighted by Gasteiger charge is 2.12. The predicted molar refractivity (Wildman–Crippen MR) is 57.2 cm³/mol. The lowest BCUT2D eigenvalue weighted by Crippen LogP contribution is -2.43. The third-order valence-corrected chi connectivity index (χ3v) is 1.79. The van der Waals surface area contributed by atoms with Crippen LogP contribution in [-0.4, -0.2) is 37.7 Å². The average Bonchev–Trinajstić information content (AvgIpc) is 2.09. The molecule has 0 fully saturated rings. The highest BCUT2D eigenvalue weighted by atomic mass is 16.5. The first-order valence-corrected chi connectivity index (χ1v) is 4.93. The summed E-state index contributed by atoms with van der Waals surface area (Å²) in [6.07, 6.45) is 0. The molecule has 0 aliphatic rings. The molecule has 0 spiro atoms. The molecule has 4 heteroatoms. The molecule has 0 aromatic rings. The van der Waals surface area contributed by atoms with Crippen LogP contribution in [0.5, 0.6) is 0 Å². The van der Waals surface area contributed by atoms with Crippen molar-refractivity contribution in [3.05, 3.63) is 0 Å². The molecule has 0 saturated carbocycles. The van der Waals surface area contributed by atoms with E-state index in [0.29, 0.717) is 0 Å². The Morgan fingerprint density at radius 2 is 1.93 bits per heavy atom. The van der Waals surface area contributed by atoms with Crippen molar-refractivity contribution in [3.8, 4) is 0 Å². The molecule has 2 N–H and O–H groups in total. The molecule has 0 rings (SSSR count). The Morgan fingerprint density at radius 1 is 1.36 bits per heavy atom. The van der Waals surface area contributed by atoms with Crippen LogP contribution < -0.4 is 10.6 Å². The van der Waals surface area contributed by atoms with E-state index in [1.54, 1.807) is 6.92 Å². The Kier molecular flexibility index (Phi) is 5.72. The fourth-order valence-corrected chi connectivity index (χ4v) is 0.986. The van der Waals surface area contributed by atoms with E-state index in [1.807, 2.05) is 0 Å². The normalized spacial score (nSPS) is 13.8. The molecule has 0 aromatic heterocycles. The second-order valence-electron chi connectivity index (χ2n) is 4.38. The van der Waals surface area contributed by atoms with Crippen LogP contribution in [-0.2, 0) is 9.53 Å². The number of hydrogen-bond donors (Lipinski definition) is 2. The fourth-order valence-electron chi connectivity index (χ4n) is 0.986. The standard InChI is InChI=1S/C10H22N2O2/c1-8(9(13)14-5)11-6-7-12-10(2,3)4/h8,11-12H,6-7H2,1-5H3/t8-/m0/s1. The lowest BCUT2D eigenvalue weighted by atomic mass is 10.1. The highest BCUT2D eigenvalue weighted by Crippen LogP contribution is 1.96. The maximum Gasteiger partial charge on any atom is 0.322 e. The Balaban J connectivity index is 3.50. The van der Waals surface area contributed by atoms with Crippen LogP contribution in [0.3, 0.4) is 0 Å². The maximum absolute atomic E-state index is 11.0. The Bertz CT molecular complexity index is 175. The first kappa shape index (κ1) is 13.4. The van der Waals surface area contributed by atoms with Crippen molar-refractivity contribution in [1.29, 1.82) is 0 Å². The van der Waals surface area contributed by atoms with Gasteiger partial charge in [0.25, 0.3) is 0 Å². The third kappa shape index (κ3) is 6.86. The van der Waals surface area contributed by atoms with Gasteiger partial charge in [-0.1, -0.05) is 0 Å². The van der Waals surface area contributed by atoms with Crippen LogP contribution in [0, 0.1) is 0 Å². The number of methoxy groups -OCH3 is 1. The molecule has 84 valence electrons. The number of hydrogen-bond acceptors (Lipinski definition) is 4. The number of carbonyl (C=O) groups excluding carboxylic acids is 1.